The van der Waals surface area contributed by atoms with E-state index in [0.717, 1.165) is 0 Å². The number of amides is 3. The highest BCUT2D eigenvalue weighted by Gasteiger charge is 2.32. The fourth-order valence-electron chi connectivity index (χ4n) is 3.85. The monoisotopic (exact) mass is 648 g/mol. The number of nitrogens with one attached hydrogen (secondary N) is 3. The first kappa shape index (κ1) is 31.7. The minimum atomic E-state index is -1.14. The molecule has 224 valence electrons. The summed E-state index contributed by atoms with van der Waals surface area (Å²) in [6, 6.07) is 6.65. The smallest absolute Gasteiger partial charge is 0.341 e. The molecule has 3 rings (SSSR count). The number of halogens is 1. The quantitative estimate of drug-likeness (QED) is 0.143. The van der Waals surface area contributed by atoms with Crippen molar-refractivity contribution in [2.24, 2.45) is 5.10 Å². The summed E-state index contributed by atoms with van der Waals surface area (Å²) in [5, 5.41) is 18.0. The SMILES string of the molecule is CCOC(=O)C1=C(C)NC(=O)N[C@@H]1c1ccc(OCC(=O)N/N=C\c2cc(Br)c(OCC(=O)O)c(OC)c2)c(OC)c1. The first-order valence-electron chi connectivity index (χ1n) is 12.4. The van der Waals surface area contributed by atoms with Gasteiger partial charge in [-0.3, -0.25) is 4.79 Å². The molecule has 0 spiro atoms. The molecular formula is C27H29BrN4O10. The van der Waals surface area contributed by atoms with Crippen molar-refractivity contribution < 1.29 is 48.0 Å². The highest BCUT2D eigenvalue weighted by Crippen LogP contribution is 2.37. The number of allylic oxidation sites excluding steroid dienone is 1. The van der Waals surface area contributed by atoms with Crippen LogP contribution in [0.2, 0.25) is 0 Å². The zero-order chi connectivity index (χ0) is 30.8. The number of esters is 1. The molecule has 3 amide bonds. The summed E-state index contributed by atoms with van der Waals surface area (Å²) in [7, 11) is 2.81. The Kier molecular flexibility index (Phi) is 11.1. The van der Waals surface area contributed by atoms with Crippen molar-refractivity contribution >= 4 is 46.0 Å². The summed E-state index contributed by atoms with van der Waals surface area (Å²) >= 11 is 3.30. The molecule has 0 saturated carbocycles. The molecule has 1 heterocycles. The van der Waals surface area contributed by atoms with Gasteiger partial charge in [0, 0.05) is 5.70 Å². The van der Waals surface area contributed by atoms with Gasteiger partial charge in [-0.2, -0.15) is 5.10 Å². The number of urea groups is 1. The molecule has 42 heavy (non-hydrogen) atoms. The van der Waals surface area contributed by atoms with E-state index in [-0.39, 0.29) is 35.2 Å². The van der Waals surface area contributed by atoms with Crippen LogP contribution in [-0.4, -0.2) is 69.2 Å². The molecule has 0 bridgehead atoms. The predicted molar refractivity (Wildman–Crippen MR) is 152 cm³/mol. The average Bonchev–Trinajstić information content (AvgIpc) is 2.94. The molecule has 0 aromatic heterocycles. The third-order valence-electron chi connectivity index (χ3n) is 5.64. The van der Waals surface area contributed by atoms with E-state index >= 15 is 0 Å². The second kappa shape index (κ2) is 14.7. The van der Waals surface area contributed by atoms with Gasteiger partial charge in [0.1, 0.15) is 0 Å². The molecule has 2 aromatic carbocycles. The lowest BCUT2D eigenvalue weighted by atomic mass is 9.95. The molecule has 0 saturated heterocycles. The van der Waals surface area contributed by atoms with Crippen LogP contribution in [0.1, 0.15) is 31.0 Å². The Bertz CT molecular complexity index is 1430. The third kappa shape index (κ3) is 8.13. The van der Waals surface area contributed by atoms with Gasteiger partial charge in [-0.15, -0.1) is 0 Å². The number of carbonyl (C=O) groups excluding carboxylic acids is 3. The lowest BCUT2D eigenvalue weighted by molar-refractivity contribution is -0.140. The Morgan fingerprint density at radius 3 is 2.48 bits per heavy atom. The van der Waals surface area contributed by atoms with Gasteiger partial charge < -0.3 is 39.4 Å². The number of rotatable bonds is 13. The van der Waals surface area contributed by atoms with Crippen LogP contribution in [0.4, 0.5) is 4.79 Å². The molecule has 15 heteroatoms. The van der Waals surface area contributed by atoms with E-state index in [2.05, 4.69) is 37.1 Å². The van der Waals surface area contributed by atoms with Crippen LogP contribution in [0.3, 0.4) is 0 Å². The minimum Gasteiger partial charge on any atom is -0.493 e. The highest BCUT2D eigenvalue weighted by atomic mass is 79.9. The molecule has 4 N–H and O–H groups in total. The standard InChI is InChI=1S/C27H29BrN4O10/c1-5-40-26(36)23-14(2)30-27(37)31-24(23)16-6-7-18(19(10-16)38-3)41-12-21(33)32-29-11-15-8-17(28)25(20(9-15)39-4)42-13-22(34)35/h6-11,24H,5,12-13H2,1-4H3,(H,32,33)(H,34,35)(H2,30,31,37)/b29-11-/t24-/m1/s1. The lowest BCUT2D eigenvalue weighted by Crippen LogP contribution is -2.45. The van der Waals surface area contributed by atoms with Gasteiger partial charge >= 0.3 is 18.0 Å². The van der Waals surface area contributed by atoms with Crippen LogP contribution in [0, 0.1) is 0 Å². The van der Waals surface area contributed by atoms with Crippen molar-refractivity contribution in [2.75, 3.05) is 34.0 Å². The Labute approximate surface area is 249 Å². The predicted octanol–water partition coefficient (Wildman–Crippen LogP) is 2.65. The molecular weight excluding hydrogens is 620 g/mol. The van der Waals surface area contributed by atoms with Gasteiger partial charge in [0.05, 0.1) is 43.1 Å². The summed E-state index contributed by atoms with van der Waals surface area (Å²) < 4.78 is 27.1. The maximum atomic E-state index is 12.6. The number of carboxylic acids is 1. The van der Waals surface area contributed by atoms with Crippen molar-refractivity contribution in [1.82, 2.24) is 16.1 Å². The number of carbonyl (C=O) groups is 4. The highest BCUT2D eigenvalue weighted by molar-refractivity contribution is 9.10. The number of ether oxygens (including phenoxy) is 5. The van der Waals surface area contributed by atoms with E-state index in [0.29, 0.717) is 21.3 Å². The number of hydrazone groups is 1. The summed E-state index contributed by atoms with van der Waals surface area (Å²) in [4.78, 5) is 47.8. The van der Waals surface area contributed by atoms with Crippen LogP contribution >= 0.6 is 15.9 Å². The molecule has 2 aromatic rings. The zero-order valence-electron chi connectivity index (χ0n) is 23.1. The van der Waals surface area contributed by atoms with E-state index in [1.807, 2.05) is 0 Å². The fraction of sp³-hybridized carbons (Fsp3) is 0.296. The van der Waals surface area contributed by atoms with Crippen molar-refractivity contribution in [3.8, 4) is 23.0 Å². The molecule has 1 aliphatic heterocycles. The number of hydrogen-bond acceptors (Lipinski definition) is 10. The van der Waals surface area contributed by atoms with Crippen molar-refractivity contribution in [2.45, 2.75) is 19.9 Å². The van der Waals surface area contributed by atoms with Crippen LogP contribution in [0.25, 0.3) is 0 Å². The van der Waals surface area contributed by atoms with E-state index in [1.165, 1.54) is 20.4 Å². The summed E-state index contributed by atoms with van der Waals surface area (Å²) in [6.45, 7) is 2.50. The van der Waals surface area contributed by atoms with Crippen molar-refractivity contribution in [3.63, 3.8) is 0 Å². The van der Waals surface area contributed by atoms with E-state index in [4.69, 9.17) is 28.8 Å². The van der Waals surface area contributed by atoms with Gasteiger partial charge in [0.15, 0.2) is 36.2 Å². The molecule has 14 nitrogen and oxygen atoms in total. The number of nitrogens with zero attached hydrogens (tertiary/aromatic N) is 1. The Balaban J connectivity index is 1.66. The van der Waals surface area contributed by atoms with E-state index in [1.54, 1.807) is 44.2 Å². The Hall–Kier alpha value is -4.79. The molecule has 0 radical (unpaired) electrons. The van der Waals surface area contributed by atoms with Crippen LogP contribution in [0.15, 0.2) is 51.2 Å². The first-order valence-corrected chi connectivity index (χ1v) is 13.2. The minimum absolute atomic E-state index is 0.167. The number of aliphatic carboxylic acids is 1. The average molecular weight is 649 g/mol. The summed E-state index contributed by atoms with van der Waals surface area (Å²) in [5.41, 5.74) is 4.01. The lowest BCUT2D eigenvalue weighted by Gasteiger charge is -2.28. The second-order valence-electron chi connectivity index (χ2n) is 8.50. The van der Waals surface area contributed by atoms with Crippen molar-refractivity contribution in [3.05, 3.63) is 57.2 Å². The number of hydrogen-bond donors (Lipinski definition) is 4. The van der Waals surface area contributed by atoms with Crippen molar-refractivity contribution in [1.29, 1.82) is 0 Å². The van der Waals surface area contributed by atoms with Gasteiger partial charge in [0.25, 0.3) is 5.91 Å². The Morgan fingerprint density at radius 2 is 1.81 bits per heavy atom. The fourth-order valence-corrected chi connectivity index (χ4v) is 4.42. The Morgan fingerprint density at radius 1 is 1.07 bits per heavy atom. The van der Waals surface area contributed by atoms with E-state index < -0.39 is 43.1 Å². The van der Waals surface area contributed by atoms with Gasteiger partial charge in [-0.05, 0) is 65.2 Å². The summed E-state index contributed by atoms with van der Waals surface area (Å²) in [5.74, 6) is -1.31. The van der Waals surface area contributed by atoms with Gasteiger partial charge in [-0.25, -0.2) is 19.8 Å². The molecule has 0 aliphatic carbocycles. The maximum absolute atomic E-state index is 12.6. The normalized spacial score (nSPS) is 14.5. The van der Waals surface area contributed by atoms with Crippen LogP contribution < -0.4 is 35.0 Å². The maximum Gasteiger partial charge on any atom is 0.341 e. The topological polar surface area (TPSA) is 183 Å². The molecule has 1 atom stereocenters. The number of benzene rings is 2. The number of methoxy groups -OCH3 is 2. The van der Waals surface area contributed by atoms with Gasteiger partial charge in [-0.1, -0.05) is 6.07 Å². The third-order valence-corrected chi connectivity index (χ3v) is 6.23. The first-order chi connectivity index (χ1) is 20.1. The summed E-state index contributed by atoms with van der Waals surface area (Å²) in [6.07, 6.45) is 1.35. The van der Waals surface area contributed by atoms with Gasteiger partial charge in [0.2, 0.25) is 0 Å². The molecule has 0 unspecified atom stereocenters. The largest absolute Gasteiger partial charge is 0.493 e. The second-order valence-corrected chi connectivity index (χ2v) is 9.35. The van der Waals surface area contributed by atoms with E-state index in [9.17, 15) is 19.2 Å². The van der Waals surface area contributed by atoms with Crippen LogP contribution in [-0.2, 0) is 19.1 Å². The van der Waals surface area contributed by atoms with Crippen LogP contribution in [0.5, 0.6) is 23.0 Å². The number of carboxylic acid groups (broad SMARTS) is 1. The zero-order valence-corrected chi connectivity index (χ0v) is 24.7. The molecule has 1 aliphatic rings. The molecule has 0 fully saturated rings.